The number of methoxy groups -OCH3 is 1. The fourth-order valence-electron chi connectivity index (χ4n) is 6.22. The number of esters is 1. The summed E-state index contributed by atoms with van der Waals surface area (Å²) in [4.78, 5) is 16.7. The van der Waals surface area contributed by atoms with Crippen LogP contribution in [-0.4, -0.2) is 74.0 Å². The molecule has 3 rings (SSSR count). The van der Waals surface area contributed by atoms with Crippen LogP contribution >= 0.6 is 0 Å². The Morgan fingerprint density at radius 3 is 1.82 bits per heavy atom. The number of rotatable bonds is 16. The summed E-state index contributed by atoms with van der Waals surface area (Å²) >= 11 is -2.43. The number of hydrogen-bond acceptors (Lipinski definition) is 4. The number of hydrogen-bond donors (Lipinski definition) is 0. The number of carbonyl (C=O) groups excluding carboxylic acids is 1. The van der Waals surface area contributed by atoms with Crippen LogP contribution < -0.4 is 3.58 Å². The number of ether oxygens (including phenoxy) is 1. The van der Waals surface area contributed by atoms with Crippen molar-refractivity contribution in [2.45, 2.75) is 85.1 Å². The van der Waals surface area contributed by atoms with Crippen molar-refractivity contribution < 1.29 is 9.53 Å². The maximum absolute atomic E-state index is 11.6. The predicted octanol–water partition coefficient (Wildman–Crippen LogP) is 7.01. The number of unbranched alkanes of at least 4 members (excludes halogenated alkanes) is 3. The number of benzene rings is 2. The molecule has 0 spiro atoms. The van der Waals surface area contributed by atoms with Crippen molar-refractivity contribution in [3.05, 3.63) is 65.7 Å². The van der Waals surface area contributed by atoms with Gasteiger partial charge in [-0.05, 0) is 0 Å². The van der Waals surface area contributed by atoms with Crippen molar-refractivity contribution in [3.63, 3.8) is 0 Å². The molecule has 4 nitrogen and oxygen atoms in total. The Balaban J connectivity index is 1.84. The third kappa shape index (κ3) is 8.82. The second-order valence-electron chi connectivity index (χ2n) is 11.2. The summed E-state index contributed by atoms with van der Waals surface area (Å²) < 4.78 is 11.1. The van der Waals surface area contributed by atoms with E-state index in [9.17, 15) is 4.79 Å². The first kappa shape index (κ1) is 31.2. The molecule has 1 heterocycles. The van der Waals surface area contributed by atoms with Gasteiger partial charge >= 0.3 is 221 Å². The normalized spacial score (nSPS) is 15.9. The molecule has 1 saturated heterocycles. The molecule has 0 saturated carbocycles. The monoisotopic (exact) mass is 628 g/mol. The van der Waals surface area contributed by atoms with Crippen LogP contribution in [0.3, 0.4) is 0 Å². The summed E-state index contributed by atoms with van der Waals surface area (Å²) in [5.41, 5.74) is 2.80. The average Bonchev–Trinajstić information content (AvgIpc) is 2.97. The summed E-state index contributed by atoms with van der Waals surface area (Å²) in [7, 11) is 1.47. The van der Waals surface area contributed by atoms with Gasteiger partial charge in [-0.2, -0.15) is 0 Å². The van der Waals surface area contributed by atoms with Gasteiger partial charge in [-0.25, -0.2) is 0 Å². The summed E-state index contributed by atoms with van der Waals surface area (Å²) in [6.07, 6.45) is 8.63. The van der Waals surface area contributed by atoms with Gasteiger partial charge in [0.05, 0.1) is 7.11 Å². The molecule has 38 heavy (non-hydrogen) atoms. The second-order valence-corrected chi connectivity index (χ2v) is 24.5. The molecule has 1 fully saturated rings. The van der Waals surface area contributed by atoms with Gasteiger partial charge in [0.15, 0.2) is 0 Å². The van der Waals surface area contributed by atoms with Crippen LogP contribution in [0, 0.1) is 0 Å². The molecule has 5 heteroatoms. The topological polar surface area (TPSA) is 32.8 Å². The molecule has 1 aliphatic rings. The van der Waals surface area contributed by atoms with E-state index in [4.69, 9.17) is 4.74 Å². The van der Waals surface area contributed by atoms with E-state index >= 15 is 0 Å². The summed E-state index contributed by atoms with van der Waals surface area (Å²) in [5.74, 6) is -0.118. The molecule has 210 valence electrons. The molecule has 2 aromatic carbocycles. The van der Waals surface area contributed by atoms with E-state index in [0.29, 0.717) is 6.42 Å². The van der Waals surface area contributed by atoms with E-state index in [1.54, 1.807) is 3.58 Å². The van der Waals surface area contributed by atoms with Crippen LogP contribution in [-0.2, 0) is 9.53 Å². The van der Waals surface area contributed by atoms with Gasteiger partial charge in [0, 0.05) is 0 Å². The van der Waals surface area contributed by atoms with Gasteiger partial charge in [0.2, 0.25) is 0 Å². The van der Waals surface area contributed by atoms with Crippen molar-refractivity contribution in [3.8, 4) is 0 Å². The molecule has 0 aromatic heterocycles. The third-order valence-corrected chi connectivity index (χ3v) is 24.3. The van der Waals surface area contributed by atoms with Gasteiger partial charge in [-0.15, -0.1) is 0 Å². The van der Waals surface area contributed by atoms with E-state index in [0.717, 1.165) is 32.7 Å². The molecule has 0 bridgehead atoms. The molecule has 2 aromatic rings. The van der Waals surface area contributed by atoms with Gasteiger partial charge in [-0.1, -0.05) is 0 Å². The fourth-order valence-corrected chi connectivity index (χ4v) is 22.1. The summed E-state index contributed by atoms with van der Waals surface area (Å²) in [6.45, 7) is 11.9. The van der Waals surface area contributed by atoms with Crippen molar-refractivity contribution in [2.24, 2.45) is 0 Å². The zero-order valence-corrected chi connectivity index (χ0v) is 27.4. The average molecular weight is 628 g/mol. The van der Waals surface area contributed by atoms with E-state index in [1.807, 2.05) is 0 Å². The van der Waals surface area contributed by atoms with Crippen LogP contribution in [0.25, 0.3) is 0 Å². The first-order valence-electron chi connectivity index (χ1n) is 15.3. The van der Waals surface area contributed by atoms with Crippen molar-refractivity contribution >= 4 is 27.9 Å². The number of piperazine rings is 1. The van der Waals surface area contributed by atoms with E-state index in [1.165, 1.54) is 70.1 Å². The first-order chi connectivity index (χ1) is 18.6. The Labute approximate surface area is 237 Å². The van der Waals surface area contributed by atoms with Gasteiger partial charge in [-0.3, -0.25) is 4.79 Å². The minimum atomic E-state index is -2.43. The number of nitrogens with zero attached hydrogens (tertiary/aromatic N) is 2. The van der Waals surface area contributed by atoms with E-state index in [-0.39, 0.29) is 12.0 Å². The Morgan fingerprint density at radius 2 is 1.32 bits per heavy atom. The van der Waals surface area contributed by atoms with Crippen LogP contribution in [0.5, 0.6) is 0 Å². The van der Waals surface area contributed by atoms with Crippen LogP contribution in [0.2, 0.25) is 13.3 Å². The van der Waals surface area contributed by atoms with Crippen molar-refractivity contribution in [1.29, 1.82) is 0 Å². The summed E-state index contributed by atoms with van der Waals surface area (Å²) in [5, 5.41) is 0. The molecule has 0 aliphatic carbocycles. The Hall–Kier alpha value is -1.37. The predicted molar refractivity (Wildman–Crippen MR) is 164 cm³/mol. The summed E-state index contributed by atoms with van der Waals surface area (Å²) in [6, 6.07) is 21.4. The fraction of sp³-hybridized carbons (Fsp3) is 0.606. The van der Waals surface area contributed by atoms with Gasteiger partial charge in [0.25, 0.3) is 0 Å². The Kier molecular flexibility index (Phi) is 13.7. The molecule has 1 aliphatic heterocycles. The van der Waals surface area contributed by atoms with Crippen LogP contribution in [0.1, 0.15) is 82.9 Å². The Morgan fingerprint density at radius 1 is 0.789 bits per heavy atom. The van der Waals surface area contributed by atoms with Crippen molar-refractivity contribution in [2.75, 3.05) is 39.8 Å². The van der Waals surface area contributed by atoms with Crippen LogP contribution in [0.4, 0.5) is 0 Å². The molecule has 0 N–H and O–H groups in total. The first-order valence-corrected chi connectivity index (χ1v) is 22.7. The van der Waals surface area contributed by atoms with E-state index < -0.39 is 18.4 Å². The second kappa shape index (κ2) is 16.7. The Bertz CT molecular complexity index is 904. The minimum absolute atomic E-state index is 0.118. The zero-order chi connectivity index (χ0) is 27.2. The molecule has 1 unspecified atom stereocenters. The SMILES string of the molecule is CCC[CH2][Sn]([CH2]CCC)([CH2]CCC)[c]1ccc(C(c2ccccc2)N2CCN(CCC(=O)OC)CC2)cc1. The van der Waals surface area contributed by atoms with Gasteiger partial charge < -0.3 is 4.74 Å². The maximum atomic E-state index is 11.6. The standard InChI is InChI=1S/C21H25N2O2.3C4H9.Sn/c1-25-20(24)12-13-22-14-16-23(17-15-22)21(18-8-4-2-5-9-18)19-10-6-3-7-11-19;3*1-3-4-2;/h2,4-11,21H,12-17H2,1H3;3*1,3-4H2,2H3;. The number of carbonyl (C=O) groups is 1. The third-order valence-electron chi connectivity index (χ3n) is 8.61. The molecular weight excluding hydrogens is 575 g/mol. The quantitative estimate of drug-likeness (QED) is 0.148. The van der Waals surface area contributed by atoms with E-state index in [2.05, 4.69) is 85.2 Å². The zero-order valence-electron chi connectivity index (χ0n) is 24.6. The molecule has 0 amide bonds. The van der Waals surface area contributed by atoms with Crippen LogP contribution in [0.15, 0.2) is 54.6 Å². The van der Waals surface area contributed by atoms with Crippen molar-refractivity contribution in [1.82, 2.24) is 9.80 Å². The molecule has 0 radical (unpaired) electrons. The molecular formula is C33H52N2O2Sn. The molecule has 1 atom stereocenters. The van der Waals surface area contributed by atoms with Gasteiger partial charge in [0.1, 0.15) is 0 Å².